The maximum atomic E-state index is 9.20. The maximum absolute atomic E-state index is 9.20. The summed E-state index contributed by atoms with van der Waals surface area (Å²) in [5, 5.41) is 45.0. The predicted octanol–water partition coefficient (Wildman–Crippen LogP) is 3.01. The average Bonchev–Trinajstić information content (AvgIpc) is 2.95. The highest BCUT2D eigenvalue weighted by atomic mass is 32.1. The van der Waals surface area contributed by atoms with Gasteiger partial charge in [-0.2, -0.15) is 10.5 Å². The van der Waals surface area contributed by atoms with Crippen LogP contribution in [0.4, 0.5) is 16.4 Å². The number of benzene rings is 1. The summed E-state index contributed by atoms with van der Waals surface area (Å²) in [5.41, 5.74) is 2.46. The molecule has 0 atom stereocenters. The molecule has 7 nitrogen and oxygen atoms in total. The lowest BCUT2D eigenvalue weighted by Crippen LogP contribution is -2.29. The predicted molar refractivity (Wildman–Crippen MR) is 95.5 cm³/mol. The Morgan fingerprint density at radius 2 is 1.68 bits per heavy atom. The van der Waals surface area contributed by atoms with Crippen LogP contribution in [0.3, 0.4) is 0 Å². The van der Waals surface area contributed by atoms with E-state index in [-0.39, 0.29) is 13.2 Å². The highest BCUT2D eigenvalue weighted by Crippen LogP contribution is 2.35. The van der Waals surface area contributed by atoms with Gasteiger partial charge < -0.3 is 15.1 Å². The maximum Gasteiger partial charge on any atom is 0.158 e. The van der Waals surface area contributed by atoms with Gasteiger partial charge in [-0.25, -0.2) is 0 Å². The van der Waals surface area contributed by atoms with Crippen molar-refractivity contribution in [2.45, 2.75) is 6.92 Å². The number of azo groups is 1. The van der Waals surface area contributed by atoms with Crippen LogP contribution in [0.2, 0.25) is 0 Å². The molecule has 0 spiro atoms. The van der Waals surface area contributed by atoms with Gasteiger partial charge in [0.2, 0.25) is 0 Å². The van der Waals surface area contributed by atoms with Crippen LogP contribution < -0.4 is 4.90 Å². The minimum Gasteiger partial charge on any atom is -0.395 e. The van der Waals surface area contributed by atoms with Gasteiger partial charge in [0.05, 0.1) is 24.5 Å². The number of hydrogen-bond donors (Lipinski definition) is 2. The molecule has 0 aliphatic carbocycles. The van der Waals surface area contributed by atoms with Gasteiger partial charge in [-0.05, 0) is 36.8 Å². The van der Waals surface area contributed by atoms with Crippen LogP contribution in [0.5, 0.6) is 0 Å². The van der Waals surface area contributed by atoms with E-state index in [4.69, 9.17) is 15.5 Å². The van der Waals surface area contributed by atoms with Crippen molar-refractivity contribution in [3.8, 4) is 12.1 Å². The molecule has 2 aromatic rings. The van der Waals surface area contributed by atoms with E-state index in [2.05, 4.69) is 22.4 Å². The molecule has 25 heavy (non-hydrogen) atoms. The van der Waals surface area contributed by atoms with Gasteiger partial charge in [0.1, 0.15) is 17.0 Å². The SMILES string of the molecule is Cc1c(C#N)sc(/N=N/c2ccc(N(CCO)CCO)cc2)c1C#N. The van der Waals surface area contributed by atoms with Crippen LogP contribution in [-0.2, 0) is 0 Å². The Morgan fingerprint density at radius 3 is 2.20 bits per heavy atom. The number of aliphatic hydroxyl groups is 2. The number of hydrogen-bond acceptors (Lipinski definition) is 8. The Balaban J connectivity index is 2.20. The van der Waals surface area contributed by atoms with Crippen molar-refractivity contribution >= 4 is 27.7 Å². The summed E-state index contributed by atoms with van der Waals surface area (Å²) in [5.74, 6) is 0. The number of anilines is 1. The summed E-state index contributed by atoms with van der Waals surface area (Å²) in [6.07, 6.45) is 0. The molecule has 1 aromatic heterocycles. The monoisotopic (exact) mass is 355 g/mol. The number of nitrogens with zero attached hydrogens (tertiary/aromatic N) is 5. The molecule has 2 N–H and O–H groups in total. The molecule has 8 heteroatoms. The van der Waals surface area contributed by atoms with Crippen molar-refractivity contribution in [2.75, 3.05) is 31.2 Å². The van der Waals surface area contributed by atoms with Crippen molar-refractivity contribution in [1.82, 2.24) is 0 Å². The Labute approximate surface area is 149 Å². The zero-order chi connectivity index (χ0) is 18.2. The van der Waals surface area contributed by atoms with Crippen molar-refractivity contribution in [3.05, 3.63) is 40.3 Å². The summed E-state index contributed by atoms with van der Waals surface area (Å²) >= 11 is 1.14. The number of aliphatic hydroxyl groups excluding tert-OH is 2. The summed E-state index contributed by atoms with van der Waals surface area (Å²) in [7, 11) is 0. The van der Waals surface area contributed by atoms with Crippen LogP contribution in [0.1, 0.15) is 16.0 Å². The van der Waals surface area contributed by atoms with Crippen molar-refractivity contribution in [2.24, 2.45) is 10.2 Å². The molecule has 0 saturated carbocycles. The van der Waals surface area contributed by atoms with E-state index < -0.39 is 0 Å². The van der Waals surface area contributed by atoms with Gasteiger partial charge in [0, 0.05) is 18.8 Å². The van der Waals surface area contributed by atoms with Gasteiger partial charge in [-0.15, -0.1) is 21.6 Å². The molecule has 1 aromatic carbocycles. The van der Waals surface area contributed by atoms with Crippen molar-refractivity contribution in [3.63, 3.8) is 0 Å². The Kier molecular flexibility index (Phi) is 6.61. The molecule has 0 unspecified atom stereocenters. The van der Waals surface area contributed by atoms with Crippen LogP contribution in [0, 0.1) is 29.6 Å². The summed E-state index contributed by atoms with van der Waals surface area (Å²) in [4.78, 5) is 2.32. The number of nitriles is 2. The van der Waals surface area contributed by atoms with E-state index >= 15 is 0 Å². The number of thiophene rings is 1. The van der Waals surface area contributed by atoms with Crippen LogP contribution in [0.15, 0.2) is 34.5 Å². The Hall–Kier alpha value is -2.78. The molecule has 0 aliphatic heterocycles. The normalized spacial score (nSPS) is 10.6. The third-order valence-electron chi connectivity index (χ3n) is 3.55. The Bertz CT molecular complexity index is 824. The second-order valence-corrected chi connectivity index (χ2v) is 6.11. The molecule has 0 aliphatic rings. The molecule has 0 fully saturated rings. The number of rotatable bonds is 7. The van der Waals surface area contributed by atoms with Gasteiger partial charge in [-0.1, -0.05) is 0 Å². The topological polar surface area (TPSA) is 116 Å². The molecule has 0 bridgehead atoms. The van der Waals surface area contributed by atoms with Crippen molar-refractivity contribution in [1.29, 1.82) is 10.5 Å². The fourth-order valence-corrected chi connectivity index (χ4v) is 3.13. The molecular weight excluding hydrogens is 338 g/mol. The van der Waals surface area contributed by atoms with E-state index in [1.165, 1.54) is 0 Å². The largest absolute Gasteiger partial charge is 0.395 e. The van der Waals surface area contributed by atoms with Gasteiger partial charge in [0.15, 0.2) is 5.00 Å². The quantitative estimate of drug-likeness (QED) is 0.741. The molecule has 0 amide bonds. The molecule has 2 rings (SSSR count). The zero-order valence-electron chi connectivity index (χ0n) is 13.7. The van der Waals surface area contributed by atoms with Crippen LogP contribution >= 0.6 is 11.3 Å². The highest BCUT2D eigenvalue weighted by Gasteiger charge is 2.14. The smallest absolute Gasteiger partial charge is 0.158 e. The second-order valence-electron chi connectivity index (χ2n) is 5.11. The van der Waals surface area contributed by atoms with E-state index in [1.807, 2.05) is 17.0 Å². The third-order valence-corrected chi connectivity index (χ3v) is 4.63. The molecule has 128 valence electrons. The molecule has 0 radical (unpaired) electrons. The first-order valence-electron chi connectivity index (χ1n) is 7.56. The molecule has 1 heterocycles. The molecule has 0 saturated heterocycles. The Morgan fingerprint density at radius 1 is 1.04 bits per heavy atom. The lowest BCUT2D eigenvalue weighted by molar-refractivity contribution is 0.281. The first kappa shape index (κ1) is 18.6. The summed E-state index contributed by atoms with van der Waals surface area (Å²) < 4.78 is 0. The first-order valence-corrected chi connectivity index (χ1v) is 8.38. The van der Waals surface area contributed by atoms with E-state index in [0.29, 0.717) is 39.8 Å². The molecular formula is C17H17N5O2S. The first-order chi connectivity index (χ1) is 12.1. The van der Waals surface area contributed by atoms with Crippen LogP contribution in [0.25, 0.3) is 0 Å². The minimum absolute atomic E-state index is 0.00263. The van der Waals surface area contributed by atoms with Gasteiger partial charge in [-0.3, -0.25) is 0 Å². The van der Waals surface area contributed by atoms with Crippen molar-refractivity contribution < 1.29 is 10.2 Å². The van der Waals surface area contributed by atoms with Crippen LogP contribution in [-0.4, -0.2) is 36.5 Å². The van der Waals surface area contributed by atoms with E-state index in [9.17, 15) is 5.26 Å². The highest BCUT2D eigenvalue weighted by molar-refractivity contribution is 7.16. The standard InChI is InChI=1S/C17H17N5O2S/c1-12-15(10-18)17(25-16(12)11-19)21-20-13-2-4-14(5-3-13)22(6-8-23)7-9-24/h2-5,23-24H,6-9H2,1H3/b21-20+. The van der Waals surface area contributed by atoms with E-state index in [1.54, 1.807) is 19.1 Å². The average molecular weight is 355 g/mol. The van der Waals surface area contributed by atoms with Gasteiger partial charge >= 0.3 is 0 Å². The minimum atomic E-state index is -0.00263. The zero-order valence-corrected chi connectivity index (χ0v) is 14.5. The van der Waals surface area contributed by atoms with Gasteiger partial charge in [0.25, 0.3) is 0 Å². The lowest BCUT2D eigenvalue weighted by Gasteiger charge is -2.22. The van der Waals surface area contributed by atoms with E-state index in [0.717, 1.165) is 17.0 Å². The summed E-state index contributed by atoms with van der Waals surface area (Å²) in [6.45, 7) is 2.57. The lowest BCUT2D eigenvalue weighted by atomic mass is 10.2. The summed E-state index contributed by atoms with van der Waals surface area (Å²) in [6, 6.07) is 11.3. The fraction of sp³-hybridized carbons (Fsp3) is 0.294. The second kappa shape index (κ2) is 8.90. The third kappa shape index (κ3) is 4.40. The fourth-order valence-electron chi connectivity index (χ4n) is 2.25.